The minimum Gasteiger partial charge on any atom is -0.508 e. The van der Waals surface area contributed by atoms with E-state index in [1.54, 1.807) is 47.4 Å². The number of benzene rings is 1. The number of phenolic OH excluding ortho intramolecular Hbond substituents is 1. The third-order valence-electron chi connectivity index (χ3n) is 7.07. The number of carbonyl (C=O) groups excluding carboxylic acids is 3. The van der Waals surface area contributed by atoms with Crippen LogP contribution < -0.4 is 0 Å². The summed E-state index contributed by atoms with van der Waals surface area (Å²) in [6.45, 7) is 12.6. The fourth-order valence-corrected chi connectivity index (χ4v) is 6.60. The molecule has 0 fully saturated rings. The highest BCUT2D eigenvalue weighted by atomic mass is 32.2. The van der Waals surface area contributed by atoms with E-state index < -0.39 is 5.41 Å². The molecule has 0 radical (unpaired) electrons. The zero-order valence-corrected chi connectivity index (χ0v) is 28.9. The Balaban J connectivity index is 2.68. The molecule has 1 N–H and O–H groups in total. The van der Waals surface area contributed by atoms with Gasteiger partial charge in [-0.3, -0.25) is 14.4 Å². The second kappa shape index (κ2) is 21.2. The number of phenols is 1. The first-order chi connectivity index (χ1) is 20.0. The number of thioether (sulfide) groups is 3. The van der Waals surface area contributed by atoms with Crippen LogP contribution >= 0.6 is 35.3 Å². The average Bonchev–Trinajstić information content (AvgIpc) is 2.96. The van der Waals surface area contributed by atoms with Gasteiger partial charge in [-0.15, -0.1) is 0 Å². The maximum atomic E-state index is 12.8. The number of rotatable bonds is 23. The second-order valence-corrected chi connectivity index (χ2v) is 15.6. The smallest absolute Gasteiger partial charge is 0.306 e. The number of esters is 3. The second-order valence-electron chi connectivity index (χ2n) is 11.0. The minimum atomic E-state index is -0.790. The lowest BCUT2D eigenvalue weighted by molar-refractivity contribution is -0.161. The Kier molecular flexibility index (Phi) is 19.5. The number of hydrogen-bond donors (Lipinski definition) is 1. The van der Waals surface area contributed by atoms with E-state index in [1.807, 2.05) is 32.9 Å². The fourth-order valence-electron chi connectivity index (χ4n) is 4.26. The maximum Gasteiger partial charge on any atom is 0.306 e. The molecule has 0 amide bonds. The van der Waals surface area contributed by atoms with Crippen molar-refractivity contribution >= 4 is 53.2 Å². The van der Waals surface area contributed by atoms with Crippen molar-refractivity contribution in [3.63, 3.8) is 0 Å². The lowest BCUT2D eigenvalue weighted by atomic mass is 9.88. The van der Waals surface area contributed by atoms with Crippen LogP contribution in [0.3, 0.4) is 0 Å². The van der Waals surface area contributed by atoms with Crippen molar-refractivity contribution < 1.29 is 33.7 Å². The number of carbonyl (C=O) groups is 3. The molecular formula is C32H52O7S3. The molecule has 0 aliphatic carbocycles. The van der Waals surface area contributed by atoms with Gasteiger partial charge in [-0.05, 0) is 54.4 Å². The highest BCUT2D eigenvalue weighted by Crippen LogP contribution is 2.37. The molecule has 0 saturated heterocycles. The first kappa shape index (κ1) is 38.5. The summed E-state index contributed by atoms with van der Waals surface area (Å²) in [4.78, 5) is 37.4. The highest BCUT2D eigenvalue weighted by Gasteiger charge is 2.34. The Labute approximate surface area is 266 Å². The van der Waals surface area contributed by atoms with Crippen molar-refractivity contribution in [2.45, 2.75) is 90.7 Å². The Hall–Kier alpha value is -1.52. The van der Waals surface area contributed by atoms with E-state index in [0.717, 1.165) is 24.3 Å². The predicted octanol–water partition coefficient (Wildman–Crippen LogP) is 7.49. The van der Waals surface area contributed by atoms with E-state index in [1.165, 1.54) is 5.56 Å². The third-order valence-corrected chi connectivity index (χ3v) is 10.2. The van der Waals surface area contributed by atoms with Gasteiger partial charge in [0, 0.05) is 22.0 Å². The van der Waals surface area contributed by atoms with Crippen LogP contribution in [-0.2, 0) is 28.6 Å². The molecule has 0 heterocycles. The topological polar surface area (TPSA) is 99.1 Å². The van der Waals surface area contributed by atoms with Crippen LogP contribution in [0.25, 0.3) is 0 Å². The monoisotopic (exact) mass is 644 g/mol. The van der Waals surface area contributed by atoms with Gasteiger partial charge in [-0.1, -0.05) is 53.7 Å². The Morgan fingerprint density at radius 1 is 0.762 bits per heavy atom. The van der Waals surface area contributed by atoms with Crippen LogP contribution in [0.5, 0.6) is 5.75 Å². The molecular weight excluding hydrogens is 593 g/mol. The van der Waals surface area contributed by atoms with E-state index in [4.69, 9.17) is 14.2 Å². The normalized spacial score (nSPS) is 12.5. The number of ether oxygens (including phenoxy) is 3. The van der Waals surface area contributed by atoms with Crippen molar-refractivity contribution in [1.29, 1.82) is 0 Å². The zero-order valence-electron chi connectivity index (χ0n) is 26.4. The summed E-state index contributed by atoms with van der Waals surface area (Å²) in [5.74, 6) is 3.55. The standard InChI is InChI=1S/C32H52O7S3/c1-7-25(26-11-13-27(33)14-12-26)21-31(5,6)42-20-17-30(36)39-24-32(8-2,22-37-28(34)15-18-40-9-3)23-38-29(35)16-19-41-10-4/h11-14,25,33H,7-10,15-24H2,1-6H3. The summed E-state index contributed by atoms with van der Waals surface area (Å²) in [6.07, 6.45) is 3.32. The number of aromatic hydroxyl groups is 1. The summed E-state index contributed by atoms with van der Waals surface area (Å²) in [5, 5.41) is 9.62. The molecule has 1 unspecified atom stereocenters. The average molecular weight is 645 g/mol. The molecule has 10 heteroatoms. The van der Waals surface area contributed by atoms with E-state index in [2.05, 4.69) is 20.8 Å². The van der Waals surface area contributed by atoms with Crippen LogP contribution in [0.2, 0.25) is 0 Å². The molecule has 0 bridgehead atoms. The molecule has 1 atom stereocenters. The van der Waals surface area contributed by atoms with Crippen molar-refractivity contribution in [2.75, 3.05) is 48.6 Å². The van der Waals surface area contributed by atoms with Crippen LogP contribution in [0, 0.1) is 5.41 Å². The van der Waals surface area contributed by atoms with Gasteiger partial charge in [0.05, 0.1) is 24.7 Å². The lowest BCUT2D eigenvalue weighted by Crippen LogP contribution is -2.39. The zero-order chi connectivity index (χ0) is 31.4. The molecule has 240 valence electrons. The van der Waals surface area contributed by atoms with Gasteiger partial charge in [0.2, 0.25) is 0 Å². The highest BCUT2D eigenvalue weighted by molar-refractivity contribution is 8.00. The lowest BCUT2D eigenvalue weighted by Gasteiger charge is -2.31. The third kappa shape index (κ3) is 16.4. The Morgan fingerprint density at radius 2 is 1.21 bits per heavy atom. The molecule has 42 heavy (non-hydrogen) atoms. The molecule has 1 rings (SSSR count). The summed E-state index contributed by atoms with van der Waals surface area (Å²) >= 11 is 5.09. The summed E-state index contributed by atoms with van der Waals surface area (Å²) in [7, 11) is 0. The van der Waals surface area contributed by atoms with Gasteiger partial charge in [0.25, 0.3) is 0 Å². The fraction of sp³-hybridized carbons (Fsp3) is 0.719. The largest absolute Gasteiger partial charge is 0.508 e. The quantitative estimate of drug-likeness (QED) is 0.0733. The van der Waals surface area contributed by atoms with Gasteiger partial charge >= 0.3 is 17.9 Å². The summed E-state index contributed by atoms with van der Waals surface area (Å²) in [6, 6.07) is 7.40. The van der Waals surface area contributed by atoms with Crippen molar-refractivity contribution in [3.05, 3.63) is 29.8 Å². The van der Waals surface area contributed by atoms with E-state index in [-0.39, 0.29) is 54.6 Å². The summed E-state index contributed by atoms with van der Waals surface area (Å²) < 4.78 is 16.8. The molecule has 1 aromatic rings. The first-order valence-corrected chi connectivity index (χ1v) is 18.3. The molecule has 0 aromatic heterocycles. The SMILES string of the molecule is CCSCCC(=O)OCC(CC)(COC(=O)CCSCC)COC(=O)CCSC(C)(C)CC(CC)c1ccc(O)cc1. The molecule has 0 spiro atoms. The minimum absolute atomic E-state index is 0.0170. The molecule has 0 aliphatic rings. The van der Waals surface area contributed by atoms with Gasteiger partial charge in [0.15, 0.2) is 0 Å². The molecule has 0 aliphatic heterocycles. The van der Waals surface area contributed by atoms with E-state index in [9.17, 15) is 19.5 Å². The van der Waals surface area contributed by atoms with Crippen LogP contribution in [0.4, 0.5) is 0 Å². The van der Waals surface area contributed by atoms with Crippen LogP contribution in [0.1, 0.15) is 91.5 Å². The van der Waals surface area contributed by atoms with Gasteiger partial charge < -0.3 is 19.3 Å². The first-order valence-electron chi connectivity index (χ1n) is 15.0. The molecule has 0 saturated carbocycles. The van der Waals surface area contributed by atoms with Crippen molar-refractivity contribution in [1.82, 2.24) is 0 Å². The predicted molar refractivity (Wildman–Crippen MR) is 178 cm³/mol. The van der Waals surface area contributed by atoms with Crippen LogP contribution in [-0.4, -0.2) is 76.3 Å². The van der Waals surface area contributed by atoms with E-state index in [0.29, 0.717) is 42.4 Å². The van der Waals surface area contributed by atoms with Gasteiger partial charge in [0.1, 0.15) is 25.6 Å². The van der Waals surface area contributed by atoms with Crippen molar-refractivity contribution in [2.24, 2.45) is 5.41 Å². The maximum absolute atomic E-state index is 12.8. The van der Waals surface area contributed by atoms with Gasteiger partial charge in [-0.25, -0.2) is 0 Å². The molecule has 1 aromatic carbocycles. The van der Waals surface area contributed by atoms with Crippen molar-refractivity contribution in [3.8, 4) is 5.75 Å². The van der Waals surface area contributed by atoms with E-state index >= 15 is 0 Å². The van der Waals surface area contributed by atoms with Crippen LogP contribution in [0.15, 0.2) is 24.3 Å². The number of hydrogen-bond acceptors (Lipinski definition) is 10. The Morgan fingerprint density at radius 3 is 1.62 bits per heavy atom. The Bertz CT molecular complexity index is 895. The van der Waals surface area contributed by atoms with Gasteiger partial charge in [-0.2, -0.15) is 35.3 Å². The molecule has 7 nitrogen and oxygen atoms in total. The summed E-state index contributed by atoms with van der Waals surface area (Å²) in [5.41, 5.74) is 0.413.